The second kappa shape index (κ2) is 6.78. The van der Waals surface area contributed by atoms with Gasteiger partial charge in [0.25, 0.3) is 0 Å². The molecular formula is C15H17FN2O2S. The molecule has 4 nitrogen and oxygen atoms in total. The van der Waals surface area contributed by atoms with Crippen LogP contribution in [0.15, 0.2) is 29.6 Å². The summed E-state index contributed by atoms with van der Waals surface area (Å²) in [4.78, 5) is 18.3. The number of carbonyl (C=O) groups is 1. The van der Waals surface area contributed by atoms with Gasteiger partial charge in [0.15, 0.2) is 0 Å². The van der Waals surface area contributed by atoms with Crippen molar-refractivity contribution in [3.8, 4) is 0 Å². The number of carbonyl (C=O) groups excluding carboxylic acids is 1. The van der Waals surface area contributed by atoms with Crippen molar-refractivity contribution in [3.05, 3.63) is 51.7 Å². The van der Waals surface area contributed by atoms with Crippen molar-refractivity contribution in [2.24, 2.45) is 0 Å². The number of nitrogens with zero attached hydrogens (tertiary/aromatic N) is 2. The molecule has 0 aliphatic heterocycles. The van der Waals surface area contributed by atoms with Gasteiger partial charge in [0, 0.05) is 11.9 Å². The van der Waals surface area contributed by atoms with Crippen LogP contribution in [-0.2, 0) is 16.1 Å². The van der Waals surface area contributed by atoms with Gasteiger partial charge < -0.3 is 4.74 Å². The van der Waals surface area contributed by atoms with E-state index in [1.54, 1.807) is 23.5 Å². The normalized spacial score (nSPS) is 12.4. The van der Waals surface area contributed by atoms with E-state index in [0.29, 0.717) is 12.1 Å². The molecule has 0 aliphatic rings. The van der Waals surface area contributed by atoms with Gasteiger partial charge in [0.2, 0.25) is 0 Å². The Morgan fingerprint density at radius 1 is 1.43 bits per heavy atom. The number of hydrogen-bond acceptors (Lipinski definition) is 5. The Bertz CT molecular complexity index is 612. The molecule has 0 radical (unpaired) electrons. The molecule has 1 aromatic heterocycles. The summed E-state index contributed by atoms with van der Waals surface area (Å²) in [7, 11) is 3.17. The fourth-order valence-corrected chi connectivity index (χ4v) is 2.76. The lowest BCUT2D eigenvalue weighted by molar-refractivity contribution is -0.147. The Hall–Kier alpha value is -1.79. The molecule has 0 amide bonds. The molecule has 1 heterocycles. The first-order valence-electron chi connectivity index (χ1n) is 6.46. The number of aromatic nitrogens is 1. The lowest BCUT2D eigenvalue weighted by atomic mass is 10.1. The zero-order valence-corrected chi connectivity index (χ0v) is 13.0. The van der Waals surface area contributed by atoms with Crippen LogP contribution in [0.2, 0.25) is 0 Å². The van der Waals surface area contributed by atoms with Gasteiger partial charge in [-0.2, -0.15) is 0 Å². The summed E-state index contributed by atoms with van der Waals surface area (Å²) in [5.74, 6) is -0.712. The fraction of sp³-hybridized carbons (Fsp3) is 0.333. The van der Waals surface area contributed by atoms with E-state index in [1.165, 1.54) is 19.2 Å². The minimum Gasteiger partial charge on any atom is -0.468 e. The van der Waals surface area contributed by atoms with Crippen LogP contribution in [0, 0.1) is 12.7 Å². The summed E-state index contributed by atoms with van der Waals surface area (Å²) in [6.07, 6.45) is 0. The van der Waals surface area contributed by atoms with Crippen LogP contribution in [0.1, 0.15) is 22.3 Å². The Labute approximate surface area is 127 Å². The molecule has 6 heteroatoms. The molecule has 2 aromatic rings. The van der Waals surface area contributed by atoms with Crippen molar-refractivity contribution < 1.29 is 13.9 Å². The number of aryl methyl sites for hydroxylation is 1. The number of likely N-dealkylation sites (N-methyl/N-ethyl adjacent to an activating group) is 1. The number of hydrogen-bond donors (Lipinski definition) is 0. The topological polar surface area (TPSA) is 42.4 Å². The lowest BCUT2D eigenvalue weighted by Crippen LogP contribution is -2.31. The van der Waals surface area contributed by atoms with Crippen LogP contribution in [0.4, 0.5) is 4.39 Å². The molecule has 0 bridgehead atoms. The maximum atomic E-state index is 13.0. The zero-order valence-electron chi connectivity index (χ0n) is 12.2. The van der Waals surface area contributed by atoms with Crippen molar-refractivity contribution in [3.63, 3.8) is 0 Å². The SMILES string of the molecule is COC(=O)C(c1ccc(F)cc1)N(C)Cc1csc(C)n1. The van der Waals surface area contributed by atoms with Gasteiger partial charge in [-0.25, -0.2) is 14.2 Å². The smallest absolute Gasteiger partial charge is 0.327 e. The Balaban J connectivity index is 2.22. The molecule has 0 aliphatic carbocycles. The van der Waals surface area contributed by atoms with E-state index in [-0.39, 0.29) is 11.8 Å². The summed E-state index contributed by atoms with van der Waals surface area (Å²) < 4.78 is 17.9. The van der Waals surface area contributed by atoms with Crippen LogP contribution < -0.4 is 0 Å². The second-order valence-electron chi connectivity index (χ2n) is 4.75. The Morgan fingerprint density at radius 2 is 2.10 bits per heavy atom. The fourth-order valence-electron chi connectivity index (χ4n) is 2.15. The van der Waals surface area contributed by atoms with E-state index >= 15 is 0 Å². The monoisotopic (exact) mass is 308 g/mol. The summed E-state index contributed by atoms with van der Waals surface area (Å²) in [6, 6.07) is 5.29. The van der Waals surface area contributed by atoms with Crippen molar-refractivity contribution >= 4 is 17.3 Å². The van der Waals surface area contributed by atoms with Gasteiger partial charge in [-0.1, -0.05) is 12.1 Å². The number of methoxy groups -OCH3 is 1. The first-order chi connectivity index (χ1) is 10.0. The molecule has 1 atom stereocenters. The number of ether oxygens (including phenoxy) is 1. The third-order valence-electron chi connectivity index (χ3n) is 3.13. The summed E-state index contributed by atoms with van der Waals surface area (Å²) in [6.45, 7) is 2.45. The highest BCUT2D eigenvalue weighted by Crippen LogP contribution is 2.23. The molecule has 0 saturated carbocycles. The first-order valence-corrected chi connectivity index (χ1v) is 7.33. The lowest BCUT2D eigenvalue weighted by Gasteiger charge is -2.25. The van der Waals surface area contributed by atoms with E-state index in [1.807, 2.05) is 24.3 Å². The molecule has 0 saturated heterocycles. The number of rotatable bonds is 5. The molecule has 2 rings (SSSR count). The molecule has 1 unspecified atom stereocenters. The summed E-state index contributed by atoms with van der Waals surface area (Å²) in [5.41, 5.74) is 1.59. The largest absolute Gasteiger partial charge is 0.468 e. The average Bonchev–Trinajstić information content (AvgIpc) is 2.86. The van der Waals surface area contributed by atoms with Gasteiger partial charge in [0.05, 0.1) is 17.8 Å². The zero-order chi connectivity index (χ0) is 15.4. The Morgan fingerprint density at radius 3 is 2.62 bits per heavy atom. The standard InChI is InChI=1S/C15H17FN2O2S/c1-10-17-13(9-21-10)8-18(2)14(15(19)20-3)11-4-6-12(16)7-5-11/h4-7,9,14H,8H2,1-3H3. The second-order valence-corrected chi connectivity index (χ2v) is 5.81. The van der Waals surface area contributed by atoms with Crippen LogP contribution in [0.5, 0.6) is 0 Å². The highest BCUT2D eigenvalue weighted by Gasteiger charge is 2.26. The molecular weight excluding hydrogens is 291 g/mol. The number of halogens is 1. The van der Waals surface area contributed by atoms with Gasteiger partial charge in [-0.15, -0.1) is 11.3 Å². The third kappa shape index (κ3) is 3.86. The maximum Gasteiger partial charge on any atom is 0.327 e. The van der Waals surface area contributed by atoms with Crippen molar-refractivity contribution in [1.29, 1.82) is 0 Å². The van der Waals surface area contributed by atoms with Crippen LogP contribution in [0.25, 0.3) is 0 Å². The predicted octanol–water partition coefficient (Wildman–Crippen LogP) is 2.94. The number of esters is 1. The molecule has 0 fully saturated rings. The van der Waals surface area contributed by atoms with E-state index < -0.39 is 6.04 Å². The molecule has 0 N–H and O–H groups in total. The molecule has 0 spiro atoms. The highest BCUT2D eigenvalue weighted by molar-refractivity contribution is 7.09. The maximum absolute atomic E-state index is 13.0. The van der Waals surface area contributed by atoms with Crippen molar-refractivity contribution in [1.82, 2.24) is 9.88 Å². The van der Waals surface area contributed by atoms with Crippen LogP contribution in [0.3, 0.4) is 0 Å². The predicted molar refractivity (Wildman–Crippen MR) is 79.5 cm³/mol. The van der Waals surface area contributed by atoms with Gasteiger partial charge in [-0.3, -0.25) is 4.90 Å². The van der Waals surface area contributed by atoms with Crippen molar-refractivity contribution in [2.75, 3.05) is 14.2 Å². The number of thiazole rings is 1. The van der Waals surface area contributed by atoms with E-state index in [0.717, 1.165) is 10.7 Å². The van der Waals surface area contributed by atoms with Crippen LogP contribution in [-0.4, -0.2) is 30.0 Å². The average molecular weight is 308 g/mol. The van der Waals surface area contributed by atoms with E-state index in [4.69, 9.17) is 4.74 Å². The molecule has 1 aromatic carbocycles. The minimum atomic E-state index is -0.586. The van der Waals surface area contributed by atoms with Gasteiger partial charge in [-0.05, 0) is 31.7 Å². The quantitative estimate of drug-likeness (QED) is 0.797. The van der Waals surface area contributed by atoms with E-state index in [9.17, 15) is 9.18 Å². The molecule has 112 valence electrons. The minimum absolute atomic E-state index is 0.333. The van der Waals surface area contributed by atoms with Gasteiger partial charge >= 0.3 is 5.97 Å². The van der Waals surface area contributed by atoms with Crippen molar-refractivity contribution in [2.45, 2.75) is 19.5 Å². The third-order valence-corrected chi connectivity index (χ3v) is 3.95. The first kappa shape index (κ1) is 15.6. The van der Waals surface area contributed by atoms with E-state index in [2.05, 4.69) is 4.98 Å². The number of benzene rings is 1. The van der Waals surface area contributed by atoms with Crippen LogP contribution >= 0.6 is 11.3 Å². The van der Waals surface area contributed by atoms with Gasteiger partial charge in [0.1, 0.15) is 11.9 Å². The summed E-state index contributed by atoms with van der Waals surface area (Å²) >= 11 is 1.57. The Kier molecular flexibility index (Phi) is 5.03. The summed E-state index contributed by atoms with van der Waals surface area (Å²) in [5, 5.41) is 2.94. The highest BCUT2D eigenvalue weighted by atomic mass is 32.1. The molecule has 21 heavy (non-hydrogen) atoms.